The summed E-state index contributed by atoms with van der Waals surface area (Å²) >= 11 is 5.79. The molecule has 0 spiro atoms. The Morgan fingerprint density at radius 3 is 2.55 bits per heavy atom. The van der Waals surface area contributed by atoms with Crippen molar-refractivity contribution in [2.75, 3.05) is 0 Å². The highest BCUT2D eigenvalue weighted by Crippen LogP contribution is 2.26. The van der Waals surface area contributed by atoms with Crippen LogP contribution in [0, 0.1) is 5.92 Å². The predicted molar refractivity (Wildman–Crippen MR) is 75.5 cm³/mol. The highest BCUT2D eigenvalue weighted by atomic mass is 35.5. The molecule has 1 aliphatic rings. The fraction of sp³-hybridized carbons (Fsp3) is 0.429. The molecule has 1 aromatic carbocycles. The normalized spacial score (nSPS) is 19.8. The number of carbonyl (C=O) groups is 1. The summed E-state index contributed by atoms with van der Waals surface area (Å²) in [5.74, 6) is -0.979. The number of hydrogen-bond acceptors (Lipinski definition) is 3. The van der Waals surface area contributed by atoms with Gasteiger partial charge in [-0.3, -0.25) is 4.79 Å². The smallest absolute Gasteiger partial charge is 0.384 e. The predicted octanol–water partition coefficient (Wildman–Crippen LogP) is 2.88. The molecule has 0 fully saturated rings. The van der Waals surface area contributed by atoms with Crippen molar-refractivity contribution in [2.24, 2.45) is 11.0 Å². The number of hydrazone groups is 1. The molecule has 4 nitrogen and oxygen atoms in total. The molecule has 0 saturated carbocycles. The van der Waals surface area contributed by atoms with Gasteiger partial charge in [0.05, 0.1) is 11.6 Å². The number of amides is 1. The van der Waals surface area contributed by atoms with Crippen LogP contribution in [0.5, 0.6) is 0 Å². The van der Waals surface area contributed by atoms with Gasteiger partial charge in [-0.15, -0.1) is 0 Å². The Bertz CT molecular complexity index is 572. The summed E-state index contributed by atoms with van der Waals surface area (Å²) in [5, 5.41) is 13.4. The molecule has 2 N–H and O–H groups in total. The van der Waals surface area contributed by atoms with Gasteiger partial charge >= 0.3 is 6.18 Å². The largest absolute Gasteiger partial charge is 0.414 e. The summed E-state index contributed by atoms with van der Waals surface area (Å²) in [6, 6.07) is 6.68. The van der Waals surface area contributed by atoms with E-state index in [1.165, 1.54) is 0 Å². The highest BCUT2D eigenvalue weighted by Gasteiger charge is 2.38. The van der Waals surface area contributed by atoms with Crippen LogP contribution >= 0.6 is 11.6 Å². The molecule has 0 bridgehead atoms. The van der Waals surface area contributed by atoms with Gasteiger partial charge in [-0.25, -0.2) is 5.43 Å². The van der Waals surface area contributed by atoms with Crippen molar-refractivity contribution in [2.45, 2.75) is 31.5 Å². The second kappa shape index (κ2) is 6.66. The quantitative estimate of drug-likeness (QED) is 0.869. The molecule has 8 heteroatoms. The van der Waals surface area contributed by atoms with E-state index in [1.54, 1.807) is 24.3 Å². The van der Waals surface area contributed by atoms with Gasteiger partial charge in [0.1, 0.15) is 6.10 Å². The van der Waals surface area contributed by atoms with Crippen LogP contribution in [-0.2, 0) is 4.79 Å². The average molecular weight is 335 g/mol. The van der Waals surface area contributed by atoms with E-state index in [9.17, 15) is 18.0 Å². The van der Waals surface area contributed by atoms with Gasteiger partial charge in [0.15, 0.2) is 0 Å². The number of hydrogen-bond donors (Lipinski definition) is 2. The molecule has 2 rings (SSSR count). The minimum Gasteiger partial charge on any atom is -0.384 e. The third-order valence-corrected chi connectivity index (χ3v) is 3.67. The van der Waals surface area contributed by atoms with Crippen molar-refractivity contribution in [3.8, 4) is 0 Å². The Kier molecular flexibility index (Phi) is 5.08. The first-order valence-corrected chi connectivity index (χ1v) is 7.05. The molecule has 120 valence electrons. The van der Waals surface area contributed by atoms with Crippen LogP contribution in [0.25, 0.3) is 0 Å². The first-order valence-electron chi connectivity index (χ1n) is 6.67. The van der Waals surface area contributed by atoms with Gasteiger partial charge in [-0.2, -0.15) is 18.3 Å². The van der Waals surface area contributed by atoms with Crippen LogP contribution in [0.2, 0.25) is 5.02 Å². The maximum atomic E-state index is 12.2. The Balaban J connectivity index is 1.98. The van der Waals surface area contributed by atoms with Crippen LogP contribution in [0.3, 0.4) is 0 Å². The van der Waals surface area contributed by atoms with E-state index in [2.05, 4.69) is 10.5 Å². The van der Waals surface area contributed by atoms with E-state index in [0.29, 0.717) is 16.3 Å². The maximum absolute atomic E-state index is 12.2. The van der Waals surface area contributed by atoms with Crippen molar-refractivity contribution < 1.29 is 23.1 Å². The Labute approximate surface area is 130 Å². The molecule has 1 amide bonds. The van der Waals surface area contributed by atoms with E-state index in [-0.39, 0.29) is 18.7 Å². The standard InChI is InChI=1S/C14H14ClF3N2O2/c15-9-6-4-8(5-7-9)12-10(13(22)20-19-12)2-1-3-11(21)14(16,17)18/h4-7,10-11,21H,1-3H2,(H,20,22)/t10?,11-/m0/s1. The molecule has 0 radical (unpaired) electrons. The van der Waals surface area contributed by atoms with Gasteiger partial charge in [-0.1, -0.05) is 23.7 Å². The van der Waals surface area contributed by atoms with Gasteiger partial charge in [0.2, 0.25) is 5.91 Å². The Hall–Kier alpha value is -1.60. The lowest BCUT2D eigenvalue weighted by Gasteiger charge is -2.15. The summed E-state index contributed by atoms with van der Waals surface area (Å²) < 4.78 is 36.7. The molecule has 1 heterocycles. The molecular formula is C14H14ClF3N2O2. The fourth-order valence-corrected chi connectivity index (χ4v) is 2.35. The topological polar surface area (TPSA) is 61.7 Å². The number of nitrogens with one attached hydrogen (secondary N) is 1. The van der Waals surface area contributed by atoms with Gasteiger partial charge in [0, 0.05) is 5.02 Å². The maximum Gasteiger partial charge on any atom is 0.414 e. The number of carbonyl (C=O) groups excluding carboxylic acids is 1. The fourth-order valence-electron chi connectivity index (χ4n) is 2.23. The zero-order chi connectivity index (χ0) is 16.3. The third kappa shape index (κ3) is 3.98. The SMILES string of the molecule is O=C1NN=C(c2ccc(Cl)cc2)C1CCC[C@H](O)C(F)(F)F. The van der Waals surface area contributed by atoms with Crippen molar-refractivity contribution in [1.82, 2.24) is 5.43 Å². The molecule has 1 aromatic rings. The number of rotatable bonds is 5. The summed E-state index contributed by atoms with van der Waals surface area (Å²) in [5.41, 5.74) is 3.49. The third-order valence-electron chi connectivity index (χ3n) is 3.42. The summed E-state index contributed by atoms with van der Waals surface area (Å²) in [7, 11) is 0. The van der Waals surface area contributed by atoms with Crippen LogP contribution in [0.15, 0.2) is 29.4 Å². The summed E-state index contributed by atoms with van der Waals surface area (Å²) in [6.07, 6.45) is -7.20. The zero-order valence-corrected chi connectivity index (χ0v) is 12.2. The molecule has 0 saturated heterocycles. The first-order chi connectivity index (χ1) is 10.3. The molecular weight excluding hydrogens is 321 g/mol. The highest BCUT2D eigenvalue weighted by molar-refractivity contribution is 6.30. The number of benzene rings is 1. The van der Waals surface area contributed by atoms with Crippen LogP contribution < -0.4 is 5.43 Å². The van der Waals surface area contributed by atoms with Gasteiger partial charge in [0.25, 0.3) is 0 Å². The van der Waals surface area contributed by atoms with Gasteiger partial charge in [-0.05, 0) is 37.0 Å². The van der Waals surface area contributed by atoms with E-state index >= 15 is 0 Å². The zero-order valence-electron chi connectivity index (χ0n) is 11.4. The van der Waals surface area contributed by atoms with E-state index in [1.807, 2.05) is 0 Å². The molecule has 1 unspecified atom stereocenters. The van der Waals surface area contributed by atoms with Crippen molar-refractivity contribution >= 4 is 23.2 Å². The van der Waals surface area contributed by atoms with Crippen molar-refractivity contribution in [3.63, 3.8) is 0 Å². The number of halogens is 4. The minimum atomic E-state index is -4.63. The van der Waals surface area contributed by atoms with E-state index in [4.69, 9.17) is 16.7 Å². The minimum absolute atomic E-state index is 0.0609. The number of alkyl halides is 3. The van der Waals surface area contributed by atoms with Gasteiger partial charge < -0.3 is 5.11 Å². The first kappa shape index (κ1) is 16.8. The lowest BCUT2D eigenvalue weighted by atomic mass is 9.91. The average Bonchev–Trinajstić information content (AvgIpc) is 2.80. The van der Waals surface area contributed by atoms with E-state index in [0.717, 1.165) is 0 Å². The van der Waals surface area contributed by atoms with E-state index < -0.39 is 24.6 Å². The van der Waals surface area contributed by atoms with Crippen LogP contribution in [-0.4, -0.2) is 29.0 Å². The monoisotopic (exact) mass is 334 g/mol. The van der Waals surface area contributed by atoms with Crippen molar-refractivity contribution in [3.05, 3.63) is 34.9 Å². The Morgan fingerprint density at radius 1 is 1.32 bits per heavy atom. The lowest BCUT2D eigenvalue weighted by molar-refractivity contribution is -0.205. The number of aliphatic hydroxyl groups is 1. The molecule has 22 heavy (non-hydrogen) atoms. The molecule has 0 aromatic heterocycles. The molecule has 2 atom stereocenters. The summed E-state index contributed by atoms with van der Waals surface area (Å²) in [6.45, 7) is 0. The van der Waals surface area contributed by atoms with Crippen molar-refractivity contribution in [1.29, 1.82) is 0 Å². The number of aliphatic hydroxyl groups excluding tert-OH is 1. The second-order valence-corrected chi connectivity index (χ2v) is 5.46. The molecule has 0 aliphatic carbocycles. The van der Waals surface area contributed by atoms with Crippen LogP contribution in [0.4, 0.5) is 13.2 Å². The summed E-state index contributed by atoms with van der Waals surface area (Å²) in [4.78, 5) is 11.8. The molecule has 1 aliphatic heterocycles. The second-order valence-electron chi connectivity index (χ2n) is 5.02. The Morgan fingerprint density at radius 2 is 1.95 bits per heavy atom. The lowest BCUT2D eigenvalue weighted by Crippen LogP contribution is -2.29. The van der Waals surface area contributed by atoms with Crippen LogP contribution in [0.1, 0.15) is 24.8 Å². The number of nitrogens with zero attached hydrogens (tertiary/aromatic N) is 1.